The molecule has 0 radical (unpaired) electrons. The Hall–Kier alpha value is -3.04. The number of nitrogens with zero attached hydrogens (tertiary/aromatic N) is 1. The molecule has 1 amide bonds. The molecule has 5 rings (SSSR count). The molecule has 8 nitrogen and oxygen atoms in total. The number of rotatable bonds is 4. The molecule has 2 bridgehead atoms. The molecule has 2 aromatic rings. The highest BCUT2D eigenvalue weighted by Gasteiger charge is 2.42. The zero-order valence-corrected chi connectivity index (χ0v) is 28.0. The summed E-state index contributed by atoms with van der Waals surface area (Å²) < 4.78 is 35.4. The van der Waals surface area contributed by atoms with E-state index in [1.54, 1.807) is 25.1 Å². The van der Waals surface area contributed by atoms with E-state index in [1.807, 2.05) is 25.1 Å². The lowest BCUT2D eigenvalue weighted by molar-refractivity contribution is -0.137. The van der Waals surface area contributed by atoms with Gasteiger partial charge < -0.3 is 14.7 Å². The zero-order chi connectivity index (χ0) is 32.4. The summed E-state index contributed by atoms with van der Waals surface area (Å²) in [5.41, 5.74) is 3.14. The molecule has 1 aliphatic carbocycles. The van der Waals surface area contributed by atoms with E-state index in [2.05, 4.69) is 28.7 Å². The molecule has 3 aliphatic rings. The van der Waals surface area contributed by atoms with Crippen LogP contribution in [0.25, 0.3) is 0 Å². The topological polar surface area (TPSA) is 113 Å². The molecule has 1 unspecified atom stereocenters. The van der Waals surface area contributed by atoms with Crippen LogP contribution in [0.15, 0.2) is 48.6 Å². The van der Waals surface area contributed by atoms with Crippen LogP contribution in [0.4, 0.5) is 5.69 Å². The number of fused-ring (bicyclic) bond motifs is 3. The monoisotopic (exact) mass is 656 g/mol. The van der Waals surface area contributed by atoms with Gasteiger partial charge in [0.15, 0.2) is 0 Å². The van der Waals surface area contributed by atoms with E-state index in [0.29, 0.717) is 43.3 Å². The summed E-state index contributed by atoms with van der Waals surface area (Å²) in [6.45, 7) is 7.34. The van der Waals surface area contributed by atoms with Crippen LogP contribution in [0.2, 0.25) is 5.02 Å². The number of hydrogen-bond donors (Lipinski definition) is 2. The number of aryl methyl sites for hydroxylation is 1. The highest BCUT2D eigenvalue weighted by atomic mass is 35.5. The molecule has 0 saturated heterocycles. The number of carbonyl (C=O) groups excluding carboxylic acids is 1. The van der Waals surface area contributed by atoms with Gasteiger partial charge >= 0.3 is 5.97 Å². The zero-order valence-electron chi connectivity index (χ0n) is 26.4. The quantitative estimate of drug-likeness (QED) is 0.350. The van der Waals surface area contributed by atoms with Gasteiger partial charge in [-0.05, 0) is 105 Å². The maximum Gasteiger partial charge on any atom is 0.303 e. The third-order valence-corrected chi connectivity index (χ3v) is 12.1. The first-order chi connectivity index (χ1) is 21.4. The Kier molecular flexibility index (Phi) is 10.2. The lowest BCUT2D eigenvalue weighted by Crippen LogP contribution is -2.47. The van der Waals surface area contributed by atoms with Crippen molar-refractivity contribution in [3.63, 3.8) is 0 Å². The number of carboxylic acid groups (broad SMARTS) is 1. The van der Waals surface area contributed by atoms with E-state index in [-0.39, 0.29) is 35.2 Å². The van der Waals surface area contributed by atoms with Crippen LogP contribution >= 0.6 is 11.6 Å². The van der Waals surface area contributed by atoms with E-state index in [9.17, 15) is 23.1 Å². The molecule has 2 N–H and O–H groups in total. The molecule has 2 aliphatic heterocycles. The number of carbonyl (C=O) groups is 2. The summed E-state index contributed by atoms with van der Waals surface area (Å²) in [6, 6.07) is 11.3. The van der Waals surface area contributed by atoms with Gasteiger partial charge in [0, 0.05) is 29.1 Å². The Labute approximate surface area is 272 Å². The lowest BCUT2D eigenvalue weighted by Gasteiger charge is -2.41. The van der Waals surface area contributed by atoms with E-state index in [1.165, 1.54) is 11.1 Å². The van der Waals surface area contributed by atoms with Crippen molar-refractivity contribution in [1.29, 1.82) is 0 Å². The Morgan fingerprint density at radius 2 is 2.00 bits per heavy atom. The fourth-order valence-electron chi connectivity index (χ4n) is 7.41. The molecule has 5 atom stereocenters. The van der Waals surface area contributed by atoms with Crippen molar-refractivity contribution in [1.82, 2.24) is 4.72 Å². The average molecular weight is 657 g/mol. The largest absolute Gasteiger partial charge is 0.490 e. The van der Waals surface area contributed by atoms with Gasteiger partial charge in [-0.3, -0.25) is 9.59 Å². The Morgan fingerprint density at radius 1 is 1.20 bits per heavy atom. The molecule has 2 aromatic carbocycles. The lowest BCUT2D eigenvalue weighted by atomic mass is 9.70. The van der Waals surface area contributed by atoms with E-state index >= 15 is 0 Å². The second kappa shape index (κ2) is 13.8. The van der Waals surface area contributed by atoms with Gasteiger partial charge in [0.2, 0.25) is 10.0 Å². The van der Waals surface area contributed by atoms with Crippen molar-refractivity contribution in [2.45, 2.75) is 82.8 Å². The number of nitrogens with one attached hydrogen (secondary N) is 1. The first-order valence-electron chi connectivity index (χ1n) is 16.2. The molecule has 0 aromatic heterocycles. The van der Waals surface area contributed by atoms with Gasteiger partial charge in [-0.1, -0.05) is 50.1 Å². The third kappa shape index (κ3) is 7.51. The number of aliphatic carboxylic acids is 1. The fraction of sp³-hybridized carbons (Fsp3) is 0.543. The van der Waals surface area contributed by atoms with Crippen molar-refractivity contribution in [3.05, 3.63) is 70.3 Å². The maximum atomic E-state index is 13.4. The molecule has 10 heteroatoms. The number of amides is 1. The van der Waals surface area contributed by atoms with Crippen molar-refractivity contribution < 1.29 is 27.9 Å². The average Bonchev–Trinajstić information content (AvgIpc) is 3.12. The number of allylic oxidation sites excluding steroid dienone is 2. The molecule has 1 spiro atoms. The highest BCUT2D eigenvalue weighted by molar-refractivity contribution is 7.90. The number of carboxylic acids is 1. The Balaban J connectivity index is 1.61. The van der Waals surface area contributed by atoms with Gasteiger partial charge in [-0.15, -0.1) is 0 Å². The molecule has 0 fully saturated rings. The van der Waals surface area contributed by atoms with Gasteiger partial charge in [0.1, 0.15) is 5.75 Å². The summed E-state index contributed by atoms with van der Waals surface area (Å²) >= 11 is 6.41. The minimum Gasteiger partial charge on any atom is -0.490 e. The van der Waals surface area contributed by atoms with Crippen molar-refractivity contribution >= 4 is 39.2 Å². The molecular weight excluding hydrogens is 612 g/mol. The first-order valence-corrected chi connectivity index (χ1v) is 18.1. The molecule has 2 heterocycles. The Morgan fingerprint density at radius 3 is 2.76 bits per heavy atom. The van der Waals surface area contributed by atoms with Crippen molar-refractivity contribution in [3.8, 4) is 5.75 Å². The number of ether oxygens (including phenoxy) is 1. The number of halogens is 1. The number of sulfonamides is 1. The van der Waals surface area contributed by atoms with Crippen LogP contribution < -0.4 is 14.4 Å². The SMILES string of the molecule is CCC[C@@H]1CC(CC(=O)O)/C=C/C[C@H](C)[C@@H](C)S(=O)(=O)NC(=O)c2ccc3c(c2)N(C1)C[C@@]1(CCCc2cc(Cl)ccc21)CO3. The van der Waals surface area contributed by atoms with Gasteiger partial charge in [-0.2, -0.15) is 0 Å². The number of hydrogen-bond acceptors (Lipinski definition) is 6. The third-order valence-electron chi connectivity index (χ3n) is 9.99. The number of anilines is 1. The van der Waals surface area contributed by atoms with Crippen LogP contribution in [0, 0.1) is 17.8 Å². The van der Waals surface area contributed by atoms with Crippen LogP contribution in [-0.2, 0) is 26.7 Å². The predicted octanol–water partition coefficient (Wildman–Crippen LogP) is 6.75. The highest BCUT2D eigenvalue weighted by Crippen LogP contribution is 2.45. The second-order valence-corrected chi connectivity index (χ2v) is 15.8. The van der Waals surface area contributed by atoms with Gasteiger partial charge in [0.05, 0.1) is 24.0 Å². The van der Waals surface area contributed by atoms with Crippen LogP contribution in [0.5, 0.6) is 5.75 Å². The van der Waals surface area contributed by atoms with Crippen LogP contribution in [0.1, 0.15) is 87.2 Å². The smallest absolute Gasteiger partial charge is 0.303 e. The predicted molar refractivity (Wildman–Crippen MR) is 178 cm³/mol. The van der Waals surface area contributed by atoms with Crippen LogP contribution in [-0.4, -0.2) is 50.3 Å². The van der Waals surface area contributed by atoms with E-state index in [0.717, 1.165) is 37.8 Å². The molecule has 0 saturated carbocycles. The molecule has 45 heavy (non-hydrogen) atoms. The minimum absolute atomic E-state index is 0.0108. The Bertz CT molecular complexity index is 1560. The summed E-state index contributed by atoms with van der Waals surface area (Å²) in [6.07, 6.45) is 9.76. The van der Waals surface area contributed by atoms with Crippen molar-refractivity contribution in [2.24, 2.45) is 17.8 Å². The standard InChI is InChI=1S/C35H45ClN2O6S/c1-4-7-26-16-25(17-33(39)40)9-5-8-23(2)24(3)45(42,43)37-34(41)28-11-14-32-31(19-28)38(20-26)21-35(22-44-32)15-6-10-27-18-29(36)12-13-30(27)35/h5,9,11-14,18-19,23-26H,4,6-8,10,15-17,20-22H2,1-3H3,(H,37,41)(H,39,40)/b9-5+/t23-,24+,25?,26+,35-/m0/s1. The van der Waals surface area contributed by atoms with E-state index in [4.69, 9.17) is 16.3 Å². The minimum atomic E-state index is -3.97. The first kappa shape index (κ1) is 33.3. The summed E-state index contributed by atoms with van der Waals surface area (Å²) in [5.74, 6) is -1.16. The van der Waals surface area contributed by atoms with Crippen LogP contribution in [0.3, 0.4) is 0 Å². The fourth-order valence-corrected chi connectivity index (χ4v) is 8.89. The second-order valence-electron chi connectivity index (χ2n) is 13.4. The van der Waals surface area contributed by atoms with Gasteiger partial charge in [-0.25, -0.2) is 13.1 Å². The molecular formula is C35H45ClN2O6S. The normalized spacial score (nSPS) is 29.2. The van der Waals surface area contributed by atoms with Gasteiger partial charge in [0.25, 0.3) is 5.91 Å². The van der Waals surface area contributed by atoms with E-state index < -0.39 is 27.1 Å². The summed E-state index contributed by atoms with van der Waals surface area (Å²) in [4.78, 5) is 27.6. The molecule has 244 valence electrons. The maximum absolute atomic E-state index is 13.4. The summed E-state index contributed by atoms with van der Waals surface area (Å²) in [7, 11) is -3.97. The summed E-state index contributed by atoms with van der Waals surface area (Å²) in [5, 5.41) is 9.65. The van der Waals surface area contributed by atoms with Crippen molar-refractivity contribution in [2.75, 3.05) is 24.6 Å². The number of benzene rings is 2.